The second-order valence-electron chi connectivity index (χ2n) is 9.72. The van der Waals surface area contributed by atoms with Gasteiger partial charge in [0.05, 0.1) is 35.8 Å². The van der Waals surface area contributed by atoms with Crippen molar-refractivity contribution in [3.05, 3.63) is 65.1 Å². The van der Waals surface area contributed by atoms with E-state index in [1.54, 1.807) is 13.8 Å². The number of hydrogen-bond donors (Lipinski definition) is 0. The Morgan fingerprint density at radius 3 is 1.10 bits per heavy atom. The third kappa shape index (κ3) is 11.4. The Morgan fingerprint density at radius 2 is 0.949 bits per heavy atom. The summed E-state index contributed by atoms with van der Waals surface area (Å²) in [5.74, 6) is -0.148. The Hall–Kier alpha value is -2.26. The summed E-state index contributed by atoms with van der Waals surface area (Å²) in [6, 6.07) is 9.30. The molecule has 0 aromatic heterocycles. The zero-order valence-corrected chi connectivity index (χ0v) is 27.6. The summed E-state index contributed by atoms with van der Waals surface area (Å²) < 4.78 is 4.37. The number of rotatable bonds is 10. The van der Waals surface area contributed by atoms with Crippen LogP contribution >= 0.6 is 0 Å². The van der Waals surface area contributed by atoms with Gasteiger partial charge in [-0.3, -0.25) is 14.8 Å². The van der Waals surface area contributed by atoms with Crippen LogP contribution in [0, 0.1) is 13.3 Å². The second-order valence-corrected chi connectivity index (χ2v) is 9.72. The topological polar surface area (TPSA) is 51.0 Å². The van der Waals surface area contributed by atoms with Crippen LogP contribution in [-0.4, -0.2) is 24.5 Å². The van der Waals surface area contributed by atoms with E-state index >= 15 is 0 Å². The predicted octanol–water partition coefficient (Wildman–Crippen LogP) is 9.21. The molecule has 0 unspecified atom stereocenters. The van der Waals surface area contributed by atoms with Gasteiger partial charge in [0.15, 0.2) is 0 Å². The second kappa shape index (κ2) is 19.7. The van der Waals surface area contributed by atoms with E-state index in [2.05, 4.69) is 84.4 Å². The molecule has 39 heavy (non-hydrogen) atoms. The van der Waals surface area contributed by atoms with E-state index in [9.17, 15) is 4.79 Å². The van der Waals surface area contributed by atoms with Crippen LogP contribution in [0.4, 0.5) is 11.4 Å². The molecule has 2 aromatic rings. The van der Waals surface area contributed by atoms with Gasteiger partial charge in [0.2, 0.25) is 0 Å². The summed E-state index contributed by atoms with van der Waals surface area (Å²) in [4.78, 5) is 20.5. The SMILES string of the molecule is CCc1cc(CC)c(N=C(C)C(C)=Nc2c(CC)cc(CC)cc2CC)c(CC)c1.COC(=O)C(C)C.[CH3-].[Ni]. The third-order valence-electron chi connectivity index (χ3n) is 6.75. The molecule has 0 amide bonds. The van der Waals surface area contributed by atoms with Crippen molar-refractivity contribution in [1.82, 2.24) is 0 Å². The molecule has 0 radical (unpaired) electrons. The summed E-state index contributed by atoms with van der Waals surface area (Å²) in [5.41, 5.74) is 12.5. The van der Waals surface area contributed by atoms with Crippen LogP contribution in [0.3, 0.4) is 0 Å². The van der Waals surface area contributed by atoms with Gasteiger partial charge in [-0.25, -0.2) is 0 Å². The summed E-state index contributed by atoms with van der Waals surface area (Å²) in [7, 11) is 1.39. The molecular formula is C34H53N2NiO2-. The van der Waals surface area contributed by atoms with Crippen molar-refractivity contribution in [2.24, 2.45) is 15.9 Å². The summed E-state index contributed by atoms with van der Waals surface area (Å²) >= 11 is 0. The van der Waals surface area contributed by atoms with Crippen molar-refractivity contribution >= 4 is 28.8 Å². The Balaban J connectivity index is 0. The first kappa shape index (κ1) is 38.9. The van der Waals surface area contributed by atoms with Gasteiger partial charge >= 0.3 is 5.97 Å². The van der Waals surface area contributed by atoms with Gasteiger partial charge < -0.3 is 12.2 Å². The van der Waals surface area contributed by atoms with Crippen LogP contribution in [0.5, 0.6) is 0 Å². The van der Waals surface area contributed by atoms with Crippen LogP contribution in [0.25, 0.3) is 0 Å². The molecule has 0 bridgehead atoms. The van der Waals surface area contributed by atoms with Gasteiger partial charge in [-0.2, -0.15) is 0 Å². The van der Waals surface area contributed by atoms with E-state index in [-0.39, 0.29) is 35.8 Å². The number of nitrogens with zero attached hydrogens (tertiary/aromatic N) is 2. The Bertz CT molecular complexity index is 973. The first-order valence-corrected chi connectivity index (χ1v) is 14.1. The minimum absolute atomic E-state index is 0. The number of esters is 1. The van der Waals surface area contributed by atoms with Crippen molar-refractivity contribution in [1.29, 1.82) is 0 Å². The molecule has 0 atom stereocenters. The normalized spacial score (nSPS) is 11.3. The molecule has 2 aromatic carbocycles. The van der Waals surface area contributed by atoms with Crippen LogP contribution < -0.4 is 0 Å². The minimum atomic E-state index is -0.153. The molecule has 0 N–H and O–H groups in total. The van der Waals surface area contributed by atoms with Crippen molar-refractivity contribution in [2.45, 2.75) is 108 Å². The van der Waals surface area contributed by atoms with Crippen LogP contribution in [0.15, 0.2) is 34.3 Å². The minimum Gasteiger partial charge on any atom is -0.469 e. The maximum Gasteiger partial charge on any atom is 0.308 e. The maximum atomic E-state index is 10.3. The van der Waals surface area contributed by atoms with E-state index in [0.29, 0.717) is 0 Å². The molecule has 2 rings (SSSR count). The van der Waals surface area contributed by atoms with E-state index in [1.807, 2.05) is 0 Å². The maximum absolute atomic E-state index is 10.3. The van der Waals surface area contributed by atoms with Gasteiger partial charge in [-0.05, 0) is 85.8 Å². The standard InChI is InChI=1S/C28H40N2.C5H10O2.CH3.Ni/c1-9-21-15-23(11-3)27(24(12-4)16-21)29-19(7)20(8)30-28-25(13-5)17-22(10-2)18-26(28)14-6;1-4(2)5(6)7-3;;/h15-18H,9-14H2,1-8H3;4H,1-3H3;1H3;/q;;-1;. The predicted molar refractivity (Wildman–Crippen MR) is 168 cm³/mol. The van der Waals surface area contributed by atoms with Crippen molar-refractivity contribution in [3.8, 4) is 0 Å². The Labute approximate surface area is 250 Å². The Kier molecular flexibility index (Phi) is 19.7. The van der Waals surface area contributed by atoms with Crippen LogP contribution in [-0.2, 0) is 64.5 Å². The van der Waals surface area contributed by atoms with Gasteiger partial charge in [-0.15, -0.1) is 0 Å². The number of carbonyl (C=O) groups excluding carboxylic acids is 1. The summed E-state index contributed by atoms with van der Waals surface area (Å²) in [6.07, 6.45) is 6.14. The first-order valence-electron chi connectivity index (χ1n) is 14.1. The average molecular weight is 581 g/mol. The van der Waals surface area contributed by atoms with E-state index in [0.717, 1.165) is 61.3 Å². The molecule has 0 saturated carbocycles. The molecule has 0 aliphatic rings. The molecule has 0 aliphatic heterocycles. The average Bonchev–Trinajstić information content (AvgIpc) is 2.92. The number of aryl methyl sites for hydroxylation is 6. The van der Waals surface area contributed by atoms with Crippen LogP contribution in [0.1, 0.15) is 103 Å². The molecular weight excluding hydrogens is 527 g/mol. The fourth-order valence-electron chi connectivity index (χ4n) is 4.17. The third-order valence-corrected chi connectivity index (χ3v) is 6.75. The molecule has 5 heteroatoms. The van der Waals surface area contributed by atoms with E-state index in [4.69, 9.17) is 9.98 Å². The number of benzene rings is 2. The van der Waals surface area contributed by atoms with E-state index < -0.39 is 0 Å². The number of methoxy groups -OCH3 is 1. The molecule has 0 heterocycles. The van der Waals surface area contributed by atoms with Crippen molar-refractivity contribution in [3.63, 3.8) is 0 Å². The van der Waals surface area contributed by atoms with Crippen LogP contribution in [0.2, 0.25) is 0 Å². The van der Waals surface area contributed by atoms with Gasteiger partial charge in [0.1, 0.15) is 0 Å². The molecule has 0 saturated heterocycles. The van der Waals surface area contributed by atoms with Crippen molar-refractivity contribution < 1.29 is 26.0 Å². The number of aliphatic imine (C=N–C) groups is 2. The monoisotopic (exact) mass is 579 g/mol. The largest absolute Gasteiger partial charge is 0.469 e. The van der Waals surface area contributed by atoms with E-state index in [1.165, 1.54) is 40.5 Å². The number of hydrogen-bond acceptors (Lipinski definition) is 4. The molecule has 0 spiro atoms. The summed E-state index contributed by atoms with van der Waals surface area (Å²) in [5, 5.41) is 0. The fraction of sp³-hybridized carbons (Fsp3) is 0.529. The zero-order chi connectivity index (χ0) is 28.1. The fourth-order valence-corrected chi connectivity index (χ4v) is 4.17. The Morgan fingerprint density at radius 1 is 0.667 bits per heavy atom. The summed E-state index contributed by atoms with van der Waals surface area (Å²) in [6.45, 7) is 21.1. The number of ether oxygens (including phenoxy) is 1. The first-order chi connectivity index (χ1) is 17.6. The molecule has 4 nitrogen and oxygen atoms in total. The smallest absolute Gasteiger partial charge is 0.308 e. The van der Waals surface area contributed by atoms with Gasteiger partial charge in [0, 0.05) is 16.5 Å². The van der Waals surface area contributed by atoms with Crippen molar-refractivity contribution in [2.75, 3.05) is 7.11 Å². The molecule has 0 aliphatic carbocycles. The number of carbonyl (C=O) groups is 1. The van der Waals surface area contributed by atoms with Gasteiger partial charge in [0.25, 0.3) is 0 Å². The quantitative estimate of drug-likeness (QED) is 0.122. The zero-order valence-electron chi connectivity index (χ0n) is 26.7. The molecule has 0 fully saturated rings. The molecule has 222 valence electrons. The van der Waals surface area contributed by atoms with Gasteiger partial charge in [-0.1, -0.05) is 79.7 Å².